The van der Waals surface area contributed by atoms with Gasteiger partial charge in [0.15, 0.2) is 0 Å². The minimum Gasteiger partial charge on any atom is -0.480 e. The molecule has 1 rings (SSSR count). The van der Waals surface area contributed by atoms with Crippen molar-refractivity contribution in [2.24, 2.45) is 0 Å². The van der Waals surface area contributed by atoms with Gasteiger partial charge < -0.3 is 9.84 Å². The largest absolute Gasteiger partial charge is 0.480 e. The van der Waals surface area contributed by atoms with E-state index >= 15 is 0 Å². The highest BCUT2D eigenvalue weighted by Crippen LogP contribution is 2.14. The van der Waals surface area contributed by atoms with Gasteiger partial charge in [0.25, 0.3) is 0 Å². The third-order valence-corrected chi connectivity index (χ3v) is 2.68. The number of aliphatic carboxylic acids is 1. The summed E-state index contributed by atoms with van der Waals surface area (Å²) in [7, 11) is 0. The Bertz CT molecular complexity index is 176. The van der Waals surface area contributed by atoms with Crippen molar-refractivity contribution in [3.05, 3.63) is 0 Å². The first-order chi connectivity index (χ1) is 6.74. The minimum absolute atomic E-state index is 0.154. The number of hydrogen-bond acceptors (Lipinski definition) is 3. The fourth-order valence-electron chi connectivity index (χ4n) is 1.92. The van der Waals surface area contributed by atoms with Crippen LogP contribution in [0.3, 0.4) is 0 Å². The summed E-state index contributed by atoms with van der Waals surface area (Å²) in [5, 5.41) is 8.74. The lowest BCUT2D eigenvalue weighted by Crippen LogP contribution is -2.39. The fraction of sp³-hybridized carbons (Fsp3) is 0.900. The number of nitrogens with zero attached hydrogens (tertiary/aromatic N) is 1. The molecule has 1 atom stereocenters. The van der Waals surface area contributed by atoms with E-state index in [0.29, 0.717) is 6.04 Å². The third kappa shape index (κ3) is 3.64. The van der Waals surface area contributed by atoms with Crippen LogP contribution in [0, 0.1) is 0 Å². The van der Waals surface area contributed by atoms with E-state index in [2.05, 4.69) is 0 Å². The molecule has 0 aliphatic carbocycles. The van der Waals surface area contributed by atoms with Crippen molar-refractivity contribution < 1.29 is 14.6 Å². The van der Waals surface area contributed by atoms with E-state index < -0.39 is 5.97 Å². The van der Waals surface area contributed by atoms with Crippen molar-refractivity contribution >= 4 is 5.97 Å². The van der Waals surface area contributed by atoms with Crippen LogP contribution in [0.5, 0.6) is 0 Å². The Hall–Kier alpha value is -0.610. The molecule has 1 N–H and O–H groups in total. The van der Waals surface area contributed by atoms with Crippen LogP contribution in [0.4, 0.5) is 0 Å². The molecule has 1 unspecified atom stereocenters. The van der Waals surface area contributed by atoms with E-state index in [1.54, 1.807) is 0 Å². The van der Waals surface area contributed by atoms with Crippen LogP contribution in [0.2, 0.25) is 0 Å². The van der Waals surface area contributed by atoms with Gasteiger partial charge in [-0.25, -0.2) is 0 Å². The fourth-order valence-corrected chi connectivity index (χ4v) is 1.92. The van der Waals surface area contributed by atoms with Gasteiger partial charge in [-0.2, -0.15) is 0 Å². The second-order valence-corrected chi connectivity index (χ2v) is 3.65. The van der Waals surface area contributed by atoms with E-state index in [-0.39, 0.29) is 6.54 Å². The predicted octanol–water partition coefficient (Wildman–Crippen LogP) is 0.962. The minimum atomic E-state index is -0.739. The zero-order valence-corrected chi connectivity index (χ0v) is 8.74. The van der Waals surface area contributed by atoms with Crippen LogP contribution < -0.4 is 0 Å². The average Bonchev–Trinajstić information content (AvgIpc) is 2.41. The maximum absolute atomic E-state index is 10.6. The number of likely N-dealkylation sites (N-methyl/N-ethyl adjacent to an activating group) is 1. The highest BCUT2D eigenvalue weighted by molar-refractivity contribution is 5.69. The molecule has 82 valence electrons. The molecule has 0 radical (unpaired) electrons. The van der Waals surface area contributed by atoms with Gasteiger partial charge in [0, 0.05) is 19.3 Å². The molecule has 4 heteroatoms. The van der Waals surface area contributed by atoms with E-state index in [1.165, 1.54) is 0 Å². The number of rotatable bonds is 4. The number of carboxylic acid groups (broad SMARTS) is 1. The molecule has 0 aromatic carbocycles. The van der Waals surface area contributed by atoms with Gasteiger partial charge in [-0.05, 0) is 25.8 Å². The molecule has 0 aromatic heterocycles. The summed E-state index contributed by atoms with van der Waals surface area (Å²) in [6.45, 7) is 4.55. The first-order valence-corrected chi connectivity index (χ1v) is 5.27. The van der Waals surface area contributed by atoms with Gasteiger partial charge in [-0.3, -0.25) is 9.69 Å². The molecule has 1 saturated heterocycles. The van der Waals surface area contributed by atoms with Crippen LogP contribution in [-0.2, 0) is 9.53 Å². The zero-order valence-electron chi connectivity index (χ0n) is 8.74. The zero-order chi connectivity index (χ0) is 10.4. The topological polar surface area (TPSA) is 49.8 Å². The quantitative estimate of drug-likeness (QED) is 0.736. The Morgan fingerprint density at radius 3 is 2.93 bits per heavy atom. The molecule has 0 spiro atoms. The van der Waals surface area contributed by atoms with Crippen LogP contribution in [0.25, 0.3) is 0 Å². The van der Waals surface area contributed by atoms with Crippen molar-refractivity contribution in [1.82, 2.24) is 4.90 Å². The van der Waals surface area contributed by atoms with E-state index in [9.17, 15) is 4.79 Å². The Kier molecular flexibility index (Phi) is 4.90. The average molecular weight is 201 g/mol. The summed E-state index contributed by atoms with van der Waals surface area (Å²) in [6.07, 6.45) is 3.06. The lowest BCUT2D eigenvalue weighted by molar-refractivity contribution is -0.139. The number of ether oxygens (including phenoxy) is 1. The molecule has 1 fully saturated rings. The van der Waals surface area contributed by atoms with Gasteiger partial charge >= 0.3 is 5.97 Å². The lowest BCUT2D eigenvalue weighted by Gasteiger charge is -2.27. The van der Waals surface area contributed by atoms with Crippen molar-refractivity contribution in [3.63, 3.8) is 0 Å². The summed E-state index contributed by atoms with van der Waals surface area (Å²) in [4.78, 5) is 12.6. The standard InChI is InChI=1S/C10H19NO3/c1-2-11(8-10(12)13)9-4-3-6-14-7-5-9/h9H,2-8H2,1H3,(H,12,13). The molecule has 1 aliphatic rings. The van der Waals surface area contributed by atoms with Crippen molar-refractivity contribution in [2.45, 2.75) is 32.2 Å². The maximum Gasteiger partial charge on any atom is 0.317 e. The van der Waals surface area contributed by atoms with Gasteiger partial charge in [0.2, 0.25) is 0 Å². The number of hydrogen-bond donors (Lipinski definition) is 1. The number of carbonyl (C=O) groups is 1. The number of carboxylic acids is 1. The van der Waals surface area contributed by atoms with Crippen molar-refractivity contribution in [1.29, 1.82) is 0 Å². The van der Waals surface area contributed by atoms with Crippen molar-refractivity contribution in [3.8, 4) is 0 Å². The molecular formula is C10H19NO3. The summed E-state index contributed by atoms with van der Waals surface area (Å²) in [5.41, 5.74) is 0. The molecule has 0 amide bonds. The van der Waals surface area contributed by atoms with E-state index in [0.717, 1.165) is 39.0 Å². The summed E-state index contributed by atoms with van der Waals surface area (Å²) in [6, 6.07) is 0.388. The Balaban J connectivity index is 2.44. The second kappa shape index (κ2) is 5.98. The summed E-state index contributed by atoms with van der Waals surface area (Å²) < 4.78 is 5.35. The van der Waals surface area contributed by atoms with Gasteiger partial charge in [0.05, 0.1) is 6.54 Å². The Labute approximate surface area is 84.8 Å². The maximum atomic E-state index is 10.6. The van der Waals surface area contributed by atoms with Crippen LogP contribution in [-0.4, -0.2) is 48.3 Å². The molecule has 0 aromatic rings. The normalized spacial score (nSPS) is 23.4. The Morgan fingerprint density at radius 2 is 2.29 bits per heavy atom. The van der Waals surface area contributed by atoms with Crippen LogP contribution in [0.15, 0.2) is 0 Å². The Morgan fingerprint density at radius 1 is 1.50 bits per heavy atom. The van der Waals surface area contributed by atoms with E-state index in [4.69, 9.17) is 9.84 Å². The summed E-state index contributed by atoms with van der Waals surface area (Å²) >= 11 is 0. The molecule has 1 aliphatic heterocycles. The SMILES string of the molecule is CCN(CC(=O)O)C1CCCOCC1. The van der Waals surface area contributed by atoms with Crippen molar-refractivity contribution in [2.75, 3.05) is 26.3 Å². The highest BCUT2D eigenvalue weighted by atomic mass is 16.5. The van der Waals surface area contributed by atoms with Gasteiger partial charge in [-0.15, -0.1) is 0 Å². The smallest absolute Gasteiger partial charge is 0.317 e. The first kappa shape index (κ1) is 11.5. The molecule has 0 saturated carbocycles. The second-order valence-electron chi connectivity index (χ2n) is 3.65. The summed E-state index contributed by atoms with van der Waals surface area (Å²) in [5.74, 6) is -0.739. The molecule has 0 bridgehead atoms. The lowest BCUT2D eigenvalue weighted by atomic mass is 10.1. The molecular weight excluding hydrogens is 182 g/mol. The van der Waals surface area contributed by atoms with Gasteiger partial charge in [0.1, 0.15) is 0 Å². The van der Waals surface area contributed by atoms with E-state index in [1.807, 2.05) is 11.8 Å². The van der Waals surface area contributed by atoms with Gasteiger partial charge in [-0.1, -0.05) is 6.92 Å². The molecule has 4 nitrogen and oxygen atoms in total. The highest BCUT2D eigenvalue weighted by Gasteiger charge is 2.20. The predicted molar refractivity (Wildman–Crippen MR) is 53.3 cm³/mol. The monoisotopic (exact) mass is 201 g/mol. The van der Waals surface area contributed by atoms with Crippen LogP contribution in [0.1, 0.15) is 26.2 Å². The molecule has 1 heterocycles. The van der Waals surface area contributed by atoms with Crippen LogP contribution >= 0.6 is 0 Å². The third-order valence-electron chi connectivity index (χ3n) is 2.68. The molecule has 14 heavy (non-hydrogen) atoms. The first-order valence-electron chi connectivity index (χ1n) is 5.27.